The van der Waals surface area contributed by atoms with E-state index in [2.05, 4.69) is 4.99 Å². The predicted molar refractivity (Wildman–Crippen MR) is 90.0 cm³/mol. The lowest BCUT2D eigenvalue weighted by atomic mass is 10.0. The molecule has 0 aliphatic carbocycles. The van der Waals surface area contributed by atoms with Crippen LogP contribution in [0.1, 0.15) is 44.9 Å². The Morgan fingerprint density at radius 3 is 2.36 bits per heavy atom. The third kappa shape index (κ3) is 3.45. The van der Waals surface area contributed by atoms with Crippen molar-refractivity contribution in [2.45, 2.75) is 39.8 Å². The maximum absolute atomic E-state index is 11.9. The first-order valence-corrected chi connectivity index (χ1v) is 7.49. The molecule has 2 rings (SSSR count). The Kier molecular flexibility index (Phi) is 4.81. The smallest absolute Gasteiger partial charge is 0.250 e. The number of aliphatic imine (C=N–C) groups is 1. The molecule has 4 nitrogen and oxygen atoms in total. The van der Waals surface area contributed by atoms with Gasteiger partial charge in [-0.05, 0) is 45.9 Å². The Morgan fingerprint density at radius 1 is 1.09 bits per heavy atom. The maximum Gasteiger partial charge on any atom is 0.250 e. The van der Waals surface area contributed by atoms with Crippen molar-refractivity contribution in [1.82, 2.24) is 4.57 Å². The van der Waals surface area contributed by atoms with Crippen LogP contribution >= 0.6 is 0 Å². The van der Waals surface area contributed by atoms with Gasteiger partial charge in [0.05, 0.1) is 5.71 Å². The lowest BCUT2D eigenvalue weighted by Gasteiger charge is -2.15. The molecule has 0 amide bonds. The summed E-state index contributed by atoms with van der Waals surface area (Å²) in [4.78, 5) is 16.6. The van der Waals surface area contributed by atoms with E-state index in [1.807, 2.05) is 39.8 Å². The van der Waals surface area contributed by atoms with Crippen LogP contribution in [0.2, 0.25) is 0 Å². The molecule has 0 aliphatic heterocycles. The maximum atomic E-state index is 11.9. The molecular formula is C18H22N2O2. The number of hydrogen-bond acceptors (Lipinski definition) is 3. The molecule has 0 radical (unpaired) electrons. The highest BCUT2D eigenvalue weighted by Gasteiger charge is 2.13. The third-order valence-electron chi connectivity index (χ3n) is 3.31. The molecule has 0 fully saturated rings. The summed E-state index contributed by atoms with van der Waals surface area (Å²) < 4.78 is 1.67. The van der Waals surface area contributed by atoms with Gasteiger partial charge >= 0.3 is 0 Å². The average molecular weight is 298 g/mol. The van der Waals surface area contributed by atoms with Gasteiger partial charge in [0.15, 0.2) is 0 Å². The predicted octanol–water partition coefficient (Wildman–Crippen LogP) is 3.38. The molecule has 0 saturated heterocycles. The number of phenolic OH excluding ortho intramolecular Hbond substituents is 1. The minimum absolute atomic E-state index is 0.0417. The molecule has 0 bridgehead atoms. The van der Waals surface area contributed by atoms with E-state index in [4.69, 9.17) is 0 Å². The number of nitrogens with zero attached hydrogens (tertiary/aromatic N) is 2. The summed E-state index contributed by atoms with van der Waals surface area (Å²) in [6.45, 7) is 7.89. The lowest BCUT2D eigenvalue weighted by molar-refractivity contribution is 0.474. The second-order valence-electron chi connectivity index (χ2n) is 5.85. The van der Waals surface area contributed by atoms with Crippen molar-refractivity contribution in [3.05, 3.63) is 64.1 Å². The fraction of sp³-hybridized carbons (Fsp3) is 0.333. The van der Waals surface area contributed by atoms with Crippen LogP contribution in [0.25, 0.3) is 0 Å². The molecule has 116 valence electrons. The van der Waals surface area contributed by atoms with Crippen molar-refractivity contribution in [1.29, 1.82) is 0 Å². The molecule has 1 aromatic carbocycles. The van der Waals surface area contributed by atoms with Crippen molar-refractivity contribution in [3.8, 4) is 5.75 Å². The Morgan fingerprint density at radius 2 is 1.77 bits per heavy atom. The molecule has 4 heteroatoms. The lowest BCUT2D eigenvalue weighted by Crippen LogP contribution is -2.22. The van der Waals surface area contributed by atoms with Gasteiger partial charge in [-0.2, -0.15) is 0 Å². The van der Waals surface area contributed by atoms with E-state index in [1.54, 1.807) is 35.0 Å². The first-order chi connectivity index (χ1) is 10.4. The molecule has 0 aliphatic rings. The minimum atomic E-state index is -0.0417. The minimum Gasteiger partial charge on any atom is -0.507 e. The number of para-hydroxylation sites is 1. The summed E-state index contributed by atoms with van der Waals surface area (Å²) in [5.74, 6) is 0.184. The van der Waals surface area contributed by atoms with Crippen LogP contribution in [0, 0.1) is 0 Å². The van der Waals surface area contributed by atoms with Gasteiger partial charge in [0.2, 0.25) is 0 Å². The molecule has 0 saturated carbocycles. The Balaban J connectivity index is 2.64. The SMILES string of the molecule is CC(C)N=C(c1ccc(=O)n(C(C)C)c1)c1ccccc1O. The summed E-state index contributed by atoms with van der Waals surface area (Å²) in [6.07, 6.45) is 1.81. The number of phenols is 1. The highest BCUT2D eigenvalue weighted by Crippen LogP contribution is 2.21. The van der Waals surface area contributed by atoms with Crippen LogP contribution in [0.3, 0.4) is 0 Å². The zero-order valence-corrected chi connectivity index (χ0v) is 13.4. The zero-order valence-electron chi connectivity index (χ0n) is 13.4. The number of rotatable bonds is 4. The normalized spacial score (nSPS) is 12.2. The van der Waals surface area contributed by atoms with Crippen molar-refractivity contribution in [3.63, 3.8) is 0 Å². The van der Waals surface area contributed by atoms with Gasteiger partial charge in [0.1, 0.15) is 5.75 Å². The van der Waals surface area contributed by atoms with Gasteiger partial charge in [-0.25, -0.2) is 0 Å². The number of aromatic nitrogens is 1. The Labute approximate surface area is 130 Å². The van der Waals surface area contributed by atoms with Crippen molar-refractivity contribution < 1.29 is 5.11 Å². The fourth-order valence-electron chi connectivity index (χ4n) is 2.28. The zero-order chi connectivity index (χ0) is 16.3. The van der Waals surface area contributed by atoms with Crippen LogP contribution in [0.5, 0.6) is 5.75 Å². The van der Waals surface area contributed by atoms with E-state index in [1.165, 1.54) is 0 Å². The van der Waals surface area contributed by atoms with E-state index < -0.39 is 0 Å². The van der Waals surface area contributed by atoms with Gasteiger partial charge in [-0.15, -0.1) is 0 Å². The highest BCUT2D eigenvalue weighted by molar-refractivity contribution is 6.14. The standard InChI is InChI=1S/C18H22N2O2/c1-12(2)19-18(15-7-5-6-8-16(15)21)14-9-10-17(22)20(11-14)13(3)4/h5-13,21H,1-4H3. The highest BCUT2D eigenvalue weighted by atomic mass is 16.3. The summed E-state index contributed by atoms with van der Waals surface area (Å²) in [5.41, 5.74) is 2.15. The van der Waals surface area contributed by atoms with Gasteiger partial charge in [0, 0.05) is 35.5 Å². The first kappa shape index (κ1) is 16.0. The van der Waals surface area contributed by atoms with E-state index in [-0.39, 0.29) is 23.4 Å². The molecule has 0 unspecified atom stereocenters. The van der Waals surface area contributed by atoms with Crippen molar-refractivity contribution in [2.24, 2.45) is 4.99 Å². The van der Waals surface area contributed by atoms with E-state index in [0.717, 1.165) is 5.56 Å². The topological polar surface area (TPSA) is 54.6 Å². The van der Waals surface area contributed by atoms with Gasteiger partial charge in [-0.3, -0.25) is 9.79 Å². The average Bonchev–Trinajstić information content (AvgIpc) is 2.46. The molecule has 1 heterocycles. The van der Waals surface area contributed by atoms with E-state index in [9.17, 15) is 9.90 Å². The largest absolute Gasteiger partial charge is 0.507 e. The summed E-state index contributed by atoms with van der Waals surface area (Å²) in [6, 6.07) is 10.6. The number of benzene rings is 1. The molecule has 22 heavy (non-hydrogen) atoms. The molecular weight excluding hydrogens is 276 g/mol. The molecule has 1 aromatic heterocycles. The molecule has 2 aromatic rings. The number of aromatic hydroxyl groups is 1. The summed E-state index contributed by atoms with van der Waals surface area (Å²) in [7, 11) is 0. The van der Waals surface area contributed by atoms with Crippen LogP contribution in [0.15, 0.2) is 52.4 Å². The van der Waals surface area contributed by atoms with Crippen molar-refractivity contribution in [2.75, 3.05) is 0 Å². The monoisotopic (exact) mass is 298 g/mol. The second-order valence-corrected chi connectivity index (χ2v) is 5.85. The summed E-state index contributed by atoms with van der Waals surface area (Å²) >= 11 is 0. The second kappa shape index (κ2) is 6.60. The van der Waals surface area contributed by atoms with Gasteiger partial charge in [-0.1, -0.05) is 12.1 Å². The van der Waals surface area contributed by atoms with Crippen molar-refractivity contribution >= 4 is 5.71 Å². The van der Waals surface area contributed by atoms with Crippen LogP contribution in [0.4, 0.5) is 0 Å². The Hall–Kier alpha value is -2.36. The van der Waals surface area contributed by atoms with Gasteiger partial charge < -0.3 is 9.67 Å². The molecule has 1 N–H and O–H groups in total. The molecule has 0 atom stereocenters. The molecule has 0 spiro atoms. The van der Waals surface area contributed by atoms with Crippen LogP contribution < -0.4 is 5.56 Å². The number of hydrogen-bond donors (Lipinski definition) is 1. The summed E-state index contributed by atoms with van der Waals surface area (Å²) in [5, 5.41) is 10.1. The van der Waals surface area contributed by atoms with Crippen LogP contribution in [-0.2, 0) is 0 Å². The van der Waals surface area contributed by atoms with Gasteiger partial charge in [0.25, 0.3) is 5.56 Å². The van der Waals surface area contributed by atoms with Crippen LogP contribution in [-0.4, -0.2) is 21.4 Å². The Bertz CT molecular complexity index is 743. The van der Waals surface area contributed by atoms with E-state index >= 15 is 0 Å². The fourth-order valence-corrected chi connectivity index (χ4v) is 2.28. The first-order valence-electron chi connectivity index (χ1n) is 7.49. The number of pyridine rings is 1. The quantitative estimate of drug-likeness (QED) is 0.880. The third-order valence-corrected chi connectivity index (χ3v) is 3.31. The van der Waals surface area contributed by atoms with E-state index in [0.29, 0.717) is 11.3 Å².